The molecule has 0 saturated carbocycles. The molecule has 0 aliphatic carbocycles. The second kappa shape index (κ2) is 5.89. The summed E-state index contributed by atoms with van der Waals surface area (Å²) >= 11 is 3.38. The standard InChI is InChI=1S/C15H15BrN2O/c1-10(11-6-8-12(17)9-7-11)18-15(19)13-4-2-3-5-14(13)16/h2-10H,17H2,1H3,(H,18,19). The van der Waals surface area contributed by atoms with Gasteiger partial charge in [0.05, 0.1) is 11.6 Å². The minimum atomic E-state index is -0.100. The molecule has 3 N–H and O–H groups in total. The Labute approximate surface area is 121 Å². The van der Waals surface area contributed by atoms with Gasteiger partial charge in [0.25, 0.3) is 5.91 Å². The van der Waals surface area contributed by atoms with Gasteiger partial charge in [-0.25, -0.2) is 0 Å². The van der Waals surface area contributed by atoms with E-state index in [-0.39, 0.29) is 11.9 Å². The van der Waals surface area contributed by atoms with E-state index in [4.69, 9.17) is 5.73 Å². The summed E-state index contributed by atoms with van der Waals surface area (Å²) in [5.74, 6) is -0.100. The highest BCUT2D eigenvalue weighted by Crippen LogP contribution is 2.18. The van der Waals surface area contributed by atoms with Gasteiger partial charge in [0.1, 0.15) is 0 Å². The van der Waals surface area contributed by atoms with E-state index in [1.807, 2.05) is 49.4 Å². The van der Waals surface area contributed by atoms with Gasteiger partial charge in [0.2, 0.25) is 0 Å². The number of halogens is 1. The number of nitrogens with two attached hydrogens (primary N) is 1. The van der Waals surface area contributed by atoms with Crippen molar-refractivity contribution in [3.05, 3.63) is 64.1 Å². The average Bonchev–Trinajstić information content (AvgIpc) is 2.39. The quantitative estimate of drug-likeness (QED) is 0.851. The Morgan fingerprint density at radius 2 is 1.79 bits per heavy atom. The maximum absolute atomic E-state index is 12.2. The number of nitrogens with one attached hydrogen (secondary N) is 1. The molecule has 0 aliphatic rings. The van der Waals surface area contributed by atoms with Crippen LogP contribution in [0.1, 0.15) is 28.9 Å². The second-order valence-corrected chi connectivity index (χ2v) is 5.20. The number of benzene rings is 2. The summed E-state index contributed by atoms with van der Waals surface area (Å²) in [5.41, 5.74) is 8.01. The van der Waals surface area contributed by atoms with E-state index in [9.17, 15) is 4.79 Å². The number of amides is 1. The summed E-state index contributed by atoms with van der Waals surface area (Å²) in [6.45, 7) is 1.94. The van der Waals surface area contributed by atoms with E-state index in [1.165, 1.54) is 0 Å². The number of hydrogen-bond donors (Lipinski definition) is 2. The number of hydrogen-bond acceptors (Lipinski definition) is 2. The van der Waals surface area contributed by atoms with Gasteiger partial charge < -0.3 is 11.1 Å². The van der Waals surface area contributed by atoms with Gasteiger partial charge in [0.15, 0.2) is 0 Å². The van der Waals surface area contributed by atoms with E-state index < -0.39 is 0 Å². The maximum Gasteiger partial charge on any atom is 0.252 e. The monoisotopic (exact) mass is 318 g/mol. The van der Waals surface area contributed by atoms with Gasteiger partial charge in [-0.2, -0.15) is 0 Å². The van der Waals surface area contributed by atoms with E-state index in [0.29, 0.717) is 11.3 Å². The highest BCUT2D eigenvalue weighted by atomic mass is 79.9. The average molecular weight is 319 g/mol. The molecule has 3 nitrogen and oxygen atoms in total. The van der Waals surface area contributed by atoms with Crippen LogP contribution < -0.4 is 11.1 Å². The molecule has 0 saturated heterocycles. The predicted molar refractivity (Wildman–Crippen MR) is 80.9 cm³/mol. The summed E-state index contributed by atoms with van der Waals surface area (Å²) in [6.07, 6.45) is 0. The molecule has 0 spiro atoms. The number of rotatable bonds is 3. The third-order valence-corrected chi connectivity index (χ3v) is 3.59. The zero-order valence-electron chi connectivity index (χ0n) is 10.6. The van der Waals surface area contributed by atoms with E-state index in [2.05, 4.69) is 21.2 Å². The highest BCUT2D eigenvalue weighted by molar-refractivity contribution is 9.10. The Balaban J connectivity index is 2.11. The predicted octanol–water partition coefficient (Wildman–Crippen LogP) is 3.52. The molecule has 1 unspecified atom stereocenters. The fourth-order valence-corrected chi connectivity index (χ4v) is 2.25. The lowest BCUT2D eigenvalue weighted by molar-refractivity contribution is 0.0939. The van der Waals surface area contributed by atoms with Crippen molar-refractivity contribution >= 4 is 27.5 Å². The maximum atomic E-state index is 12.2. The molecular formula is C15H15BrN2O. The van der Waals surface area contributed by atoms with Crippen LogP contribution in [0.15, 0.2) is 53.0 Å². The lowest BCUT2D eigenvalue weighted by atomic mass is 10.1. The number of nitrogen functional groups attached to an aromatic ring is 1. The molecule has 1 amide bonds. The molecule has 1 atom stereocenters. The minimum Gasteiger partial charge on any atom is -0.399 e. The molecule has 0 radical (unpaired) electrons. The third kappa shape index (κ3) is 3.35. The Bertz CT molecular complexity index is 581. The minimum absolute atomic E-state index is 0.0693. The van der Waals surface area contributed by atoms with Crippen LogP contribution in [0.3, 0.4) is 0 Å². The number of carbonyl (C=O) groups is 1. The first-order valence-electron chi connectivity index (χ1n) is 5.99. The molecule has 0 aromatic heterocycles. The first-order chi connectivity index (χ1) is 9.08. The Hall–Kier alpha value is -1.81. The summed E-state index contributed by atoms with van der Waals surface area (Å²) < 4.78 is 0.789. The van der Waals surface area contributed by atoms with Crippen LogP contribution in [0.5, 0.6) is 0 Å². The normalized spacial score (nSPS) is 11.9. The molecule has 2 rings (SSSR count). The van der Waals surface area contributed by atoms with Crippen molar-refractivity contribution < 1.29 is 4.79 Å². The first kappa shape index (κ1) is 13.6. The zero-order chi connectivity index (χ0) is 13.8. The molecule has 4 heteroatoms. The largest absolute Gasteiger partial charge is 0.399 e. The fourth-order valence-electron chi connectivity index (χ4n) is 1.79. The van der Waals surface area contributed by atoms with Gasteiger partial charge in [0, 0.05) is 10.2 Å². The molecule has 0 fully saturated rings. The molecule has 2 aromatic carbocycles. The number of anilines is 1. The van der Waals surface area contributed by atoms with Gasteiger partial charge in [-0.3, -0.25) is 4.79 Å². The molecule has 0 aliphatic heterocycles. The molecule has 2 aromatic rings. The van der Waals surface area contributed by atoms with Crippen LogP contribution in [0, 0.1) is 0 Å². The van der Waals surface area contributed by atoms with Crippen LogP contribution in [0.2, 0.25) is 0 Å². The summed E-state index contributed by atoms with van der Waals surface area (Å²) in [5, 5.41) is 2.96. The lowest BCUT2D eigenvalue weighted by Crippen LogP contribution is -2.26. The molecule has 98 valence electrons. The number of carbonyl (C=O) groups excluding carboxylic acids is 1. The second-order valence-electron chi connectivity index (χ2n) is 4.34. The topological polar surface area (TPSA) is 55.1 Å². The van der Waals surface area contributed by atoms with Crippen molar-refractivity contribution in [1.29, 1.82) is 0 Å². The Morgan fingerprint density at radius 1 is 1.16 bits per heavy atom. The first-order valence-corrected chi connectivity index (χ1v) is 6.78. The SMILES string of the molecule is CC(NC(=O)c1ccccc1Br)c1ccc(N)cc1. The van der Waals surface area contributed by atoms with Crippen molar-refractivity contribution in [2.45, 2.75) is 13.0 Å². The van der Waals surface area contributed by atoms with Gasteiger partial charge in [-0.05, 0) is 52.7 Å². The zero-order valence-corrected chi connectivity index (χ0v) is 12.1. The van der Waals surface area contributed by atoms with E-state index >= 15 is 0 Å². The van der Waals surface area contributed by atoms with Crippen LogP contribution in [-0.2, 0) is 0 Å². The summed E-state index contributed by atoms with van der Waals surface area (Å²) in [6, 6.07) is 14.8. The molecular weight excluding hydrogens is 304 g/mol. The molecule has 0 heterocycles. The highest BCUT2D eigenvalue weighted by Gasteiger charge is 2.13. The van der Waals surface area contributed by atoms with Crippen molar-refractivity contribution in [1.82, 2.24) is 5.32 Å². The molecule has 19 heavy (non-hydrogen) atoms. The Morgan fingerprint density at radius 3 is 2.42 bits per heavy atom. The molecule has 0 bridgehead atoms. The third-order valence-electron chi connectivity index (χ3n) is 2.90. The van der Waals surface area contributed by atoms with Gasteiger partial charge in [-0.15, -0.1) is 0 Å². The Kier molecular flexibility index (Phi) is 4.22. The van der Waals surface area contributed by atoms with Gasteiger partial charge >= 0.3 is 0 Å². The van der Waals surface area contributed by atoms with Crippen LogP contribution in [0.25, 0.3) is 0 Å². The van der Waals surface area contributed by atoms with Crippen LogP contribution in [-0.4, -0.2) is 5.91 Å². The van der Waals surface area contributed by atoms with Crippen molar-refractivity contribution in [3.63, 3.8) is 0 Å². The summed E-state index contributed by atoms with van der Waals surface area (Å²) in [4.78, 5) is 12.2. The fraction of sp³-hybridized carbons (Fsp3) is 0.133. The lowest BCUT2D eigenvalue weighted by Gasteiger charge is -2.15. The van der Waals surface area contributed by atoms with Gasteiger partial charge in [-0.1, -0.05) is 24.3 Å². The van der Waals surface area contributed by atoms with E-state index in [1.54, 1.807) is 6.07 Å². The summed E-state index contributed by atoms with van der Waals surface area (Å²) in [7, 11) is 0. The van der Waals surface area contributed by atoms with Crippen LogP contribution in [0.4, 0.5) is 5.69 Å². The smallest absolute Gasteiger partial charge is 0.252 e. The van der Waals surface area contributed by atoms with Crippen molar-refractivity contribution in [3.8, 4) is 0 Å². The van der Waals surface area contributed by atoms with Crippen molar-refractivity contribution in [2.75, 3.05) is 5.73 Å². The van der Waals surface area contributed by atoms with Crippen LogP contribution >= 0.6 is 15.9 Å². The van der Waals surface area contributed by atoms with Crippen molar-refractivity contribution in [2.24, 2.45) is 0 Å². The van der Waals surface area contributed by atoms with E-state index in [0.717, 1.165) is 10.0 Å².